The van der Waals surface area contributed by atoms with E-state index in [1.165, 1.54) is 24.3 Å². The van der Waals surface area contributed by atoms with Crippen LogP contribution in [0.25, 0.3) is 0 Å². The van der Waals surface area contributed by atoms with E-state index >= 15 is 0 Å². The number of piperazine rings is 1. The molecule has 1 aromatic heterocycles. The van der Waals surface area contributed by atoms with Crippen LogP contribution in [0.2, 0.25) is 0 Å². The Bertz CT molecular complexity index is 995. The van der Waals surface area contributed by atoms with Gasteiger partial charge < -0.3 is 9.88 Å². The summed E-state index contributed by atoms with van der Waals surface area (Å²) in [5.41, 5.74) is 1.07. The van der Waals surface area contributed by atoms with Crippen LogP contribution in [-0.4, -0.2) is 66.6 Å². The van der Waals surface area contributed by atoms with Gasteiger partial charge in [-0.05, 0) is 62.2 Å². The molecule has 2 aromatic rings. The van der Waals surface area contributed by atoms with Gasteiger partial charge in [0.2, 0.25) is 0 Å². The van der Waals surface area contributed by atoms with Gasteiger partial charge in [-0.3, -0.25) is 9.69 Å². The third-order valence-corrected chi connectivity index (χ3v) is 7.74. The average molecular weight is 413 g/mol. The SMILES string of the molecule is N#Cc1ccc(S(=O)(=O)CCCN2C3CCC2CN(C(=O)c2ccc[nH]2)C3)cc1. The Morgan fingerprint density at radius 3 is 2.41 bits per heavy atom. The molecule has 2 aliphatic heterocycles. The Morgan fingerprint density at radius 1 is 1.14 bits per heavy atom. The predicted octanol–water partition coefficient (Wildman–Crippen LogP) is 2.04. The van der Waals surface area contributed by atoms with Gasteiger partial charge in [0.05, 0.1) is 22.3 Å². The van der Waals surface area contributed by atoms with E-state index in [2.05, 4.69) is 9.88 Å². The fraction of sp³-hybridized carbons (Fsp3) is 0.429. The van der Waals surface area contributed by atoms with E-state index < -0.39 is 9.84 Å². The number of nitrogens with zero attached hydrogens (tertiary/aromatic N) is 3. The van der Waals surface area contributed by atoms with Gasteiger partial charge in [-0.15, -0.1) is 0 Å². The standard InChI is InChI=1S/C21H24N4O3S/c22-13-16-4-8-19(9-5-16)29(27,28)12-2-11-25-17-6-7-18(25)15-24(14-17)21(26)20-3-1-10-23-20/h1,3-5,8-10,17-18,23H,2,6-7,11-12,14-15H2. The number of likely N-dealkylation sites (tertiary alicyclic amines) is 1. The molecule has 2 fully saturated rings. The maximum absolute atomic E-state index is 12.6. The molecule has 8 heteroatoms. The summed E-state index contributed by atoms with van der Waals surface area (Å²) in [7, 11) is -3.36. The van der Waals surface area contributed by atoms with Crippen LogP contribution < -0.4 is 0 Å². The van der Waals surface area contributed by atoms with Crippen molar-refractivity contribution >= 4 is 15.7 Å². The van der Waals surface area contributed by atoms with Crippen LogP contribution in [0.4, 0.5) is 0 Å². The van der Waals surface area contributed by atoms with Crippen molar-refractivity contribution in [1.82, 2.24) is 14.8 Å². The fourth-order valence-electron chi connectivity index (χ4n) is 4.45. The summed E-state index contributed by atoms with van der Waals surface area (Å²) >= 11 is 0. The average Bonchev–Trinajstić information content (AvgIpc) is 3.33. The molecular formula is C21H24N4O3S. The van der Waals surface area contributed by atoms with Gasteiger partial charge in [-0.1, -0.05) is 0 Å². The minimum Gasteiger partial charge on any atom is -0.357 e. The molecule has 2 unspecified atom stereocenters. The van der Waals surface area contributed by atoms with E-state index in [9.17, 15) is 13.2 Å². The Kier molecular flexibility index (Phi) is 5.43. The zero-order chi connectivity index (χ0) is 20.4. The third-order valence-electron chi connectivity index (χ3n) is 5.92. The number of fused-ring (bicyclic) bond motifs is 2. The number of amides is 1. The number of nitriles is 1. The summed E-state index contributed by atoms with van der Waals surface area (Å²) in [6.45, 7) is 2.10. The number of sulfone groups is 1. The lowest BCUT2D eigenvalue weighted by atomic mass is 10.1. The number of hydrogen-bond acceptors (Lipinski definition) is 5. The first-order valence-electron chi connectivity index (χ1n) is 9.89. The second kappa shape index (κ2) is 8.01. The zero-order valence-corrected chi connectivity index (χ0v) is 16.9. The van der Waals surface area contributed by atoms with Crippen molar-refractivity contribution < 1.29 is 13.2 Å². The van der Waals surface area contributed by atoms with Crippen molar-refractivity contribution in [3.63, 3.8) is 0 Å². The largest absolute Gasteiger partial charge is 0.357 e. The normalized spacial score (nSPS) is 21.8. The quantitative estimate of drug-likeness (QED) is 0.783. The highest BCUT2D eigenvalue weighted by Crippen LogP contribution is 2.31. The van der Waals surface area contributed by atoms with Gasteiger partial charge in [0.1, 0.15) is 5.69 Å². The maximum atomic E-state index is 12.6. The lowest BCUT2D eigenvalue weighted by molar-refractivity contribution is 0.0446. The number of benzene rings is 1. The minimum absolute atomic E-state index is 0.0370. The Labute approximate surface area is 170 Å². The summed E-state index contributed by atoms with van der Waals surface area (Å²) in [6.07, 6.45) is 4.40. The molecule has 0 saturated carbocycles. The van der Waals surface area contributed by atoms with Gasteiger partial charge in [-0.25, -0.2) is 8.42 Å². The number of aromatic amines is 1. The maximum Gasteiger partial charge on any atom is 0.270 e. The molecule has 1 aromatic carbocycles. The lowest BCUT2D eigenvalue weighted by Gasteiger charge is -2.41. The van der Waals surface area contributed by atoms with Crippen LogP contribution in [0.1, 0.15) is 35.3 Å². The molecule has 4 rings (SSSR count). The van der Waals surface area contributed by atoms with Crippen molar-refractivity contribution in [3.8, 4) is 6.07 Å². The van der Waals surface area contributed by atoms with Gasteiger partial charge in [0.25, 0.3) is 5.91 Å². The van der Waals surface area contributed by atoms with Crippen molar-refractivity contribution in [3.05, 3.63) is 53.9 Å². The minimum atomic E-state index is -3.36. The molecule has 0 radical (unpaired) electrons. The number of rotatable bonds is 6. The van der Waals surface area contributed by atoms with Gasteiger partial charge >= 0.3 is 0 Å². The number of aromatic nitrogens is 1. The second-order valence-electron chi connectivity index (χ2n) is 7.73. The Morgan fingerprint density at radius 2 is 1.83 bits per heavy atom. The third kappa shape index (κ3) is 4.07. The van der Waals surface area contributed by atoms with Crippen molar-refractivity contribution in [1.29, 1.82) is 5.26 Å². The molecular weight excluding hydrogens is 388 g/mol. The number of carbonyl (C=O) groups excluding carboxylic acids is 1. The first-order valence-corrected chi connectivity index (χ1v) is 11.5. The molecule has 2 bridgehead atoms. The molecule has 1 amide bonds. The van der Waals surface area contributed by atoms with Crippen LogP contribution in [0.15, 0.2) is 47.5 Å². The molecule has 2 atom stereocenters. The first kappa shape index (κ1) is 19.7. The van der Waals surface area contributed by atoms with E-state index in [1.54, 1.807) is 12.3 Å². The highest BCUT2D eigenvalue weighted by atomic mass is 32.2. The van der Waals surface area contributed by atoms with Gasteiger partial charge in [0, 0.05) is 31.4 Å². The van der Waals surface area contributed by atoms with Crippen molar-refractivity contribution in [2.45, 2.75) is 36.2 Å². The van der Waals surface area contributed by atoms with Crippen molar-refractivity contribution in [2.75, 3.05) is 25.4 Å². The molecule has 2 saturated heterocycles. The van der Waals surface area contributed by atoms with Crippen LogP contribution >= 0.6 is 0 Å². The fourth-order valence-corrected chi connectivity index (χ4v) is 5.74. The molecule has 7 nitrogen and oxygen atoms in total. The zero-order valence-electron chi connectivity index (χ0n) is 16.1. The number of carbonyl (C=O) groups is 1. The van der Waals surface area contributed by atoms with E-state index in [4.69, 9.17) is 5.26 Å². The second-order valence-corrected chi connectivity index (χ2v) is 9.83. The van der Waals surface area contributed by atoms with E-state index in [0.29, 0.717) is 42.9 Å². The summed E-state index contributed by atoms with van der Waals surface area (Å²) in [4.78, 5) is 20.2. The molecule has 0 aliphatic carbocycles. The highest BCUT2D eigenvalue weighted by Gasteiger charge is 2.41. The number of nitrogens with one attached hydrogen (secondary N) is 1. The first-order chi connectivity index (χ1) is 14.0. The Hall–Kier alpha value is -2.63. The topological polar surface area (TPSA) is 97.3 Å². The smallest absolute Gasteiger partial charge is 0.270 e. The highest BCUT2D eigenvalue weighted by molar-refractivity contribution is 7.91. The molecule has 152 valence electrons. The van der Waals surface area contributed by atoms with Crippen LogP contribution in [0.5, 0.6) is 0 Å². The predicted molar refractivity (Wildman–Crippen MR) is 108 cm³/mol. The molecule has 2 aliphatic rings. The van der Waals surface area contributed by atoms with Gasteiger partial charge in [-0.2, -0.15) is 5.26 Å². The Balaban J connectivity index is 1.33. The molecule has 0 spiro atoms. The summed E-state index contributed by atoms with van der Waals surface area (Å²) in [5, 5.41) is 8.85. The van der Waals surface area contributed by atoms with E-state index in [1.807, 2.05) is 17.0 Å². The summed E-state index contributed by atoms with van der Waals surface area (Å²) in [5.74, 6) is 0.120. The van der Waals surface area contributed by atoms with E-state index in [-0.39, 0.29) is 16.6 Å². The lowest BCUT2D eigenvalue weighted by Crippen LogP contribution is -2.55. The van der Waals surface area contributed by atoms with E-state index in [0.717, 1.165) is 19.4 Å². The number of H-pyrrole nitrogens is 1. The van der Waals surface area contributed by atoms with Crippen molar-refractivity contribution in [2.24, 2.45) is 0 Å². The summed E-state index contributed by atoms with van der Waals surface area (Å²) in [6, 6.07) is 12.3. The van der Waals surface area contributed by atoms with Crippen LogP contribution in [0.3, 0.4) is 0 Å². The van der Waals surface area contributed by atoms with Gasteiger partial charge in [0.15, 0.2) is 9.84 Å². The monoisotopic (exact) mass is 412 g/mol. The molecule has 3 heterocycles. The number of hydrogen-bond donors (Lipinski definition) is 1. The summed E-state index contributed by atoms with van der Waals surface area (Å²) < 4.78 is 25.1. The molecule has 1 N–H and O–H groups in total. The van der Waals surface area contributed by atoms with Crippen LogP contribution in [-0.2, 0) is 9.84 Å². The van der Waals surface area contributed by atoms with Crippen LogP contribution in [0, 0.1) is 11.3 Å². The molecule has 29 heavy (non-hydrogen) atoms.